The van der Waals surface area contributed by atoms with Crippen LogP contribution in [0.15, 0.2) is 30.3 Å². The number of urea groups is 1. The van der Waals surface area contributed by atoms with Crippen molar-refractivity contribution in [1.29, 1.82) is 0 Å². The quantitative estimate of drug-likeness (QED) is 0.738. The van der Waals surface area contributed by atoms with Crippen molar-refractivity contribution < 1.29 is 14.7 Å². The first-order chi connectivity index (χ1) is 9.63. The summed E-state index contributed by atoms with van der Waals surface area (Å²) in [6.45, 7) is 0. The second kappa shape index (κ2) is 6.38. The van der Waals surface area contributed by atoms with E-state index in [2.05, 4.69) is 25.4 Å². The maximum Gasteiger partial charge on any atom is 0.328 e. The number of hydrogen-bond acceptors (Lipinski definition) is 6. The number of carbonyl (C=O) groups is 2. The van der Waals surface area contributed by atoms with Gasteiger partial charge in [0, 0.05) is 23.3 Å². The largest absolute Gasteiger partial charge is 0.478 e. The molecule has 8 nitrogen and oxygen atoms in total. The number of nitrogens with zero attached hydrogens (tertiary/aromatic N) is 3. The molecule has 0 atom stereocenters. The van der Waals surface area contributed by atoms with Crippen molar-refractivity contribution in [1.82, 2.24) is 14.8 Å². The molecule has 1 aromatic carbocycles. The highest BCUT2D eigenvalue weighted by Gasteiger charge is 2.05. The molecule has 0 spiro atoms. The van der Waals surface area contributed by atoms with Crippen LogP contribution in [0, 0.1) is 0 Å². The number of rotatable bonds is 4. The van der Waals surface area contributed by atoms with Crippen molar-refractivity contribution in [3.8, 4) is 0 Å². The summed E-state index contributed by atoms with van der Waals surface area (Å²) in [6.07, 6.45) is 2.45. The van der Waals surface area contributed by atoms with E-state index in [0.29, 0.717) is 11.3 Å². The van der Waals surface area contributed by atoms with E-state index in [1.165, 1.54) is 6.08 Å². The summed E-state index contributed by atoms with van der Waals surface area (Å²) in [5.74, 6) is -1.04. The van der Waals surface area contributed by atoms with Gasteiger partial charge in [-0.1, -0.05) is 21.7 Å². The fourth-order valence-corrected chi connectivity index (χ4v) is 1.69. The Labute approximate surface area is 117 Å². The van der Waals surface area contributed by atoms with Gasteiger partial charge in [0.1, 0.15) is 0 Å². The summed E-state index contributed by atoms with van der Waals surface area (Å²) in [5, 5.41) is 20.8. The molecule has 0 bridgehead atoms. The lowest BCUT2D eigenvalue weighted by molar-refractivity contribution is -0.131. The van der Waals surface area contributed by atoms with Crippen LogP contribution in [0.4, 0.5) is 15.6 Å². The lowest BCUT2D eigenvalue weighted by Crippen LogP contribution is -2.19. The average Bonchev–Trinajstić information content (AvgIpc) is 2.89. The number of benzene rings is 1. The fourth-order valence-electron chi connectivity index (χ4n) is 1.33. The normalized spacial score (nSPS) is 10.4. The van der Waals surface area contributed by atoms with Crippen LogP contribution in [0.3, 0.4) is 0 Å². The molecule has 2 aromatic rings. The minimum atomic E-state index is -1.04. The van der Waals surface area contributed by atoms with E-state index in [-0.39, 0.29) is 5.13 Å². The number of aromatic nitrogens is 3. The predicted molar refractivity (Wildman–Crippen MR) is 73.5 cm³/mol. The number of aliphatic carboxylic acids is 1. The molecule has 2 amide bonds. The molecule has 2 rings (SSSR count). The van der Waals surface area contributed by atoms with E-state index in [9.17, 15) is 9.59 Å². The Balaban J connectivity index is 2.00. The summed E-state index contributed by atoms with van der Waals surface area (Å²) in [6, 6.07) is 6.25. The van der Waals surface area contributed by atoms with Crippen molar-refractivity contribution >= 4 is 40.4 Å². The van der Waals surface area contributed by atoms with E-state index >= 15 is 0 Å². The number of anilines is 2. The van der Waals surface area contributed by atoms with Gasteiger partial charge in [0.15, 0.2) is 0 Å². The standard InChI is InChI=1S/C11H9N5O3S/c17-9(18)5-4-7-2-1-3-8(6-7)12-10(19)13-11-14-15-16-20-11/h1-6H,(H,17,18)(H2,12,13,14,16,19)/b5-4+. The van der Waals surface area contributed by atoms with E-state index < -0.39 is 12.0 Å². The number of nitrogens with one attached hydrogen (secondary N) is 2. The first kappa shape index (κ1) is 13.6. The van der Waals surface area contributed by atoms with E-state index in [0.717, 1.165) is 17.6 Å². The third kappa shape index (κ3) is 4.14. The fraction of sp³-hybridized carbons (Fsp3) is 0. The molecule has 0 aliphatic heterocycles. The van der Waals surface area contributed by atoms with Gasteiger partial charge in [-0.15, -0.1) is 0 Å². The van der Waals surface area contributed by atoms with Crippen molar-refractivity contribution in [3.63, 3.8) is 0 Å². The second-order valence-electron chi connectivity index (χ2n) is 3.54. The van der Waals surface area contributed by atoms with Crippen molar-refractivity contribution in [2.45, 2.75) is 0 Å². The van der Waals surface area contributed by atoms with Gasteiger partial charge in [0.2, 0.25) is 5.13 Å². The number of amides is 2. The number of carboxylic acids is 1. The minimum Gasteiger partial charge on any atom is -0.478 e. The summed E-state index contributed by atoms with van der Waals surface area (Å²) in [4.78, 5) is 22.1. The van der Waals surface area contributed by atoms with Crippen LogP contribution >= 0.6 is 11.5 Å². The monoisotopic (exact) mass is 291 g/mol. The molecule has 9 heteroatoms. The third-order valence-electron chi connectivity index (χ3n) is 2.08. The molecule has 0 radical (unpaired) electrons. The zero-order valence-corrected chi connectivity index (χ0v) is 10.8. The third-order valence-corrected chi connectivity index (χ3v) is 2.59. The molecule has 20 heavy (non-hydrogen) atoms. The molecule has 0 fully saturated rings. The summed E-state index contributed by atoms with van der Waals surface area (Å²) in [7, 11) is 0. The van der Waals surface area contributed by atoms with Gasteiger partial charge in [-0.25, -0.2) is 9.59 Å². The maximum absolute atomic E-state index is 11.6. The van der Waals surface area contributed by atoms with Crippen LogP contribution < -0.4 is 10.6 Å². The Kier molecular flexibility index (Phi) is 4.35. The lowest BCUT2D eigenvalue weighted by Gasteiger charge is -2.05. The lowest BCUT2D eigenvalue weighted by atomic mass is 10.2. The van der Waals surface area contributed by atoms with Crippen LogP contribution in [0.25, 0.3) is 6.08 Å². The molecule has 0 aliphatic carbocycles. The summed E-state index contributed by atoms with van der Waals surface area (Å²) < 4.78 is 3.51. The first-order valence-corrected chi connectivity index (χ1v) is 6.15. The van der Waals surface area contributed by atoms with Gasteiger partial charge in [0.05, 0.1) is 0 Å². The molecule has 3 N–H and O–H groups in total. The molecule has 0 saturated heterocycles. The maximum atomic E-state index is 11.6. The van der Waals surface area contributed by atoms with Crippen molar-refractivity contribution in [2.24, 2.45) is 0 Å². The van der Waals surface area contributed by atoms with E-state index in [1.807, 2.05) is 0 Å². The first-order valence-electron chi connectivity index (χ1n) is 5.37. The van der Waals surface area contributed by atoms with Crippen LogP contribution in [0.5, 0.6) is 0 Å². The zero-order valence-electron chi connectivity index (χ0n) is 9.98. The number of carboxylic acid groups (broad SMARTS) is 1. The molecule has 1 aromatic heterocycles. The number of carbonyl (C=O) groups excluding carboxylic acids is 1. The highest BCUT2D eigenvalue weighted by Crippen LogP contribution is 2.13. The minimum absolute atomic E-state index is 0.282. The predicted octanol–water partition coefficient (Wildman–Crippen LogP) is 1.67. The van der Waals surface area contributed by atoms with Crippen molar-refractivity contribution in [3.05, 3.63) is 35.9 Å². The highest BCUT2D eigenvalue weighted by atomic mass is 32.1. The zero-order chi connectivity index (χ0) is 14.4. The van der Waals surface area contributed by atoms with Gasteiger partial charge in [0.25, 0.3) is 0 Å². The van der Waals surface area contributed by atoms with Gasteiger partial charge >= 0.3 is 12.0 Å². The van der Waals surface area contributed by atoms with Crippen LogP contribution in [-0.2, 0) is 4.79 Å². The van der Waals surface area contributed by atoms with Crippen LogP contribution in [0.1, 0.15) is 5.56 Å². The van der Waals surface area contributed by atoms with Crippen LogP contribution in [0.2, 0.25) is 0 Å². The second-order valence-corrected chi connectivity index (χ2v) is 4.28. The topological polar surface area (TPSA) is 117 Å². The van der Waals surface area contributed by atoms with Crippen molar-refractivity contribution in [2.75, 3.05) is 10.6 Å². The van der Waals surface area contributed by atoms with Gasteiger partial charge in [-0.2, -0.15) is 0 Å². The Morgan fingerprint density at radius 3 is 2.85 bits per heavy atom. The van der Waals surface area contributed by atoms with E-state index in [1.54, 1.807) is 24.3 Å². The Morgan fingerprint density at radius 1 is 1.30 bits per heavy atom. The van der Waals surface area contributed by atoms with Crippen LogP contribution in [-0.4, -0.2) is 31.9 Å². The Bertz CT molecular complexity index is 641. The smallest absolute Gasteiger partial charge is 0.328 e. The molecule has 0 unspecified atom stereocenters. The molecular weight excluding hydrogens is 282 g/mol. The average molecular weight is 291 g/mol. The molecular formula is C11H9N5O3S. The molecule has 102 valence electrons. The SMILES string of the molecule is O=C(O)/C=C/c1cccc(NC(=O)Nc2nnns2)c1. The molecule has 0 aliphatic rings. The summed E-state index contributed by atoms with van der Waals surface area (Å²) in [5.41, 5.74) is 1.18. The van der Waals surface area contributed by atoms with Gasteiger partial charge in [-0.05, 0) is 29.0 Å². The molecule has 1 heterocycles. The Hall–Kier alpha value is -2.81. The summed E-state index contributed by atoms with van der Waals surface area (Å²) >= 11 is 0.956. The highest BCUT2D eigenvalue weighted by molar-refractivity contribution is 7.09. The van der Waals surface area contributed by atoms with Gasteiger partial charge in [-0.3, -0.25) is 5.32 Å². The Morgan fingerprint density at radius 2 is 2.15 bits per heavy atom. The number of hydrogen-bond donors (Lipinski definition) is 3. The van der Waals surface area contributed by atoms with Gasteiger partial charge < -0.3 is 10.4 Å². The molecule has 0 saturated carbocycles. The van der Waals surface area contributed by atoms with E-state index in [4.69, 9.17) is 5.11 Å².